The van der Waals surface area contributed by atoms with Gasteiger partial charge in [-0.25, -0.2) is 0 Å². The summed E-state index contributed by atoms with van der Waals surface area (Å²) < 4.78 is 10.9. The molecule has 2 aromatic carbocycles. The molecule has 1 aliphatic heterocycles. The largest absolute Gasteiger partial charge is 0.497 e. The van der Waals surface area contributed by atoms with E-state index in [9.17, 15) is 0 Å². The lowest BCUT2D eigenvalue weighted by Crippen LogP contribution is -2.49. The van der Waals surface area contributed by atoms with Crippen molar-refractivity contribution >= 4 is 0 Å². The zero-order chi connectivity index (χ0) is 18.8. The fourth-order valence-corrected chi connectivity index (χ4v) is 5.18. The van der Waals surface area contributed by atoms with Crippen LogP contribution in [-0.2, 0) is 12.8 Å². The van der Waals surface area contributed by atoms with Gasteiger partial charge in [-0.15, -0.1) is 0 Å². The van der Waals surface area contributed by atoms with Crippen LogP contribution in [0.4, 0.5) is 0 Å². The van der Waals surface area contributed by atoms with Crippen LogP contribution < -0.4 is 9.47 Å². The maximum Gasteiger partial charge on any atom is 0.122 e. The number of hydrogen-bond donors (Lipinski definition) is 0. The van der Waals surface area contributed by atoms with Crippen molar-refractivity contribution in [1.29, 1.82) is 0 Å². The Kier molecular flexibility index (Phi) is 5.40. The average molecular weight is 366 g/mol. The van der Waals surface area contributed by atoms with Gasteiger partial charge < -0.3 is 9.47 Å². The van der Waals surface area contributed by atoms with Gasteiger partial charge in [-0.1, -0.05) is 31.2 Å². The molecular formula is C24H31NO2. The summed E-state index contributed by atoms with van der Waals surface area (Å²) in [4.78, 5) is 2.76. The number of hydrogen-bond acceptors (Lipinski definition) is 3. The first-order valence-electron chi connectivity index (χ1n) is 10.2. The van der Waals surface area contributed by atoms with Crippen LogP contribution in [0.25, 0.3) is 0 Å². The van der Waals surface area contributed by atoms with Crippen molar-refractivity contribution in [3.05, 3.63) is 59.2 Å². The Balaban J connectivity index is 1.51. The summed E-state index contributed by atoms with van der Waals surface area (Å²) in [5.74, 6) is 3.39. The topological polar surface area (TPSA) is 21.7 Å². The van der Waals surface area contributed by atoms with Crippen LogP contribution in [0.2, 0.25) is 0 Å². The van der Waals surface area contributed by atoms with Gasteiger partial charge in [0.2, 0.25) is 0 Å². The van der Waals surface area contributed by atoms with Crippen LogP contribution in [0.1, 0.15) is 42.4 Å². The molecule has 1 aliphatic carbocycles. The molecule has 0 aromatic heterocycles. The minimum absolute atomic E-state index is 0.642. The van der Waals surface area contributed by atoms with Crippen LogP contribution in [-0.4, -0.2) is 38.3 Å². The number of benzene rings is 2. The zero-order valence-electron chi connectivity index (χ0n) is 16.8. The maximum absolute atomic E-state index is 5.65. The van der Waals surface area contributed by atoms with Crippen molar-refractivity contribution in [1.82, 2.24) is 4.90 Å². The number of likely N-dealkylation sites (tertiary alicyclic amines) is 1. The van der Waals surface area contributed by atoms with Crippen molar-refractivity contribution < 1.29 is 9.47 Å². The van der Waals surface area contributed by atoms with E-state index in [0.717, 1.165) is 36.8 Å². The monoisotopic (exact) mass is 365 g/mol. The Bertz CT molecular complexity index is 770. The third-order valence-electron chi connectivity index (χ3n) is 6.46. The van der Waals surface area contributed by atoms with Crippen LogP contribution in [0.3, 0.4) is 0 Å². The number of rotatable bonds is 5. The van der Waals surface area contributed by atoms with Crippen molar-refractivity contribution in [2.45, 2.75) is 44.6 Å². The highest BCUT2D eigenvalue weighted by Crippen LogP contribution is 2.44. The van der Waals surface area contributed by atoms with E-state index < -0.39 is 0 Å². The molecule has 3 heteroatoms. The Hall–Kier alpha value is -2.00. The lowest BCUT2D eigenvalue weighted by Gasteiger charge is -2.47. The van der Waals surface area contributed by atoms with Gasteiger partial charge in [0.25, 0.3) is 0 Å². The van der Waals surface area contributed by atoms with E-state index >= 15 is 0 Å². The smallest absolute Gasteiger partial charge is 0.122 e. The second kappa shape index (κ2) is 7.93. The Morgan fingerprint density at radius 1 is 1.04 bits per heavy atom. The Morgan fingerprint density at radius 3 is 2.59 bits per heavy atom. The third kappa shape index (κ3) is 3.70. The van der Waals surface area contributed by atoms with Crippen LogP contribution >= 0.6 is 0 Å². The Labute approximate surface area is 163 Å². The van der Waals surface area contributed by atoms with Crippen molar-refractivity contribution in [2.24, 2.45) is 5.92 Å². The Morgan fingerprint density at radius 2 is 1.85 bits per heavy atom. The fourth-order valence-electron chi connectivity index (χ4n) is 5.18. The number of nitrogens with zero attached hydrogens (tertiary/aromatic N) is 1. The van der Waals surface area contributed by atoms with E-state index in [1.54, 1.807) is 14.2 Å². The van der Waals surface area contributed by atoms with Crippen LogP contribution in [0, 0.1) is 5.92 Å². The van der Waals surface area contributed by atoms with E-state index in [0.29, 0.717) is 12.0 Å². The normalized spacial score (nSPS) is 24.8. The lowest BCUT2D eigenvalue weighted by atomic mass is 9.71. The first-order chi connectivity index (χ1) is 13.2. The molecule has 0 saturated carbocycles. The second-order valence-corrected chi connectivity index (χ2v) is 8.17. The molecule has 1 heterocycles. The van der Waals surface area contributed by atoms with Gasteiger partial charge in [0, 0.05) is 25.0 Å². The predicted molar refractivity (Wildman–Crippen MR) is 110 cm³/mol. The van der Waals surface area contributed by atoms with Gasteiger partial charge in [-0.05, 0) is 66.5 Å². The van der Waals surface area contributed by atoms with Crippen LogP contribution in [0.5, 0.6) is 11.5 Å². The third-order valence-corrected chi connectivity index (χ3v) is 6.46. The molecule has 0 N–H and O–H groups in total. The quantitative estimate of drug-likeness (QED) is 0.767. The molecule has 2 aromatic rings. The summed E-state index contributed by atoms with van der Waals surface area (Å²) in [5, 5.41) is 0. The maximum atomic E-state index is 5.65. The fraction of sp³-hybridized carbons (Fsp3) is 0.500. The summed E-state index contributed by atoms with van der Waals surface area (Å²) in [6, 6.07) is 15.8. The van der Waals surface area contributed by atoms with Gasteiger partial charge >= 0.3 is 0 Å². The van der Waals surface area contributed by atoms with Gasteiger partial charge in [0.1, 0.15) is 11.5 Å². The van der Waals surface area contributed by atoms with E-state index in [2.05, 4.69) is 54.3 Å². The number of piperidine rings is 1. The molecule has 0 amide bonds. The van der Waals surface area contributed by atoms with Gasteiger partial charge in [-0.3, -0.25) is 4.90 Å². The summed E-state index contributed by atoms with van der Waals surface area (Å²) in [5.41, 5.74) is 4.38. The van der Waals surface area contributed by atoms with Crippen molar-refractivity contribution in [2.75, 3.05) is 27.3 Å². The first kappa shape index (κ1) is 18.4. The van der Waals surface area contributed by atoms with Crippen molar-refractivity contribution in [3.63, 3.8) is 0 Å². The molecule has 144 valence electrons. The molecule has 0 bridgehead atoms. The predicted octanol–water partition coefficient (Wildman–Crippen LogP) is 4.69. The summed E-state index contributed by atoms with van der Waals surface area (Å²) in [7, 11) is 3.52. The zero-order valence-corrected chi connectivity index (χ0v) is 16.8. The average Bonchev–Trinajstić information content (AvgIpc) is 2.71. The molecule has 3 atom stereocenters. The minimum Gasteiger partial charge on any atom is -0.497 e. The van der Waals surface area contributed by atoms with E-state index in [1.807, 2.05) is 0 Å². The lowest BCUT2D eigenvalue weighted by molar-refractivity contribution is 0.0819. The number of methoxy groups -OCH3 is 2. The van der Waals surface area contributed by atoms with E-state index in [-0.39, 0.29) is 0 Å². The summed E-state index contributed by atoms with van der Waals surface area (Å²) in [6.07, 6.45) is 4.77. The summed E-state index contributed by atoms with van der Waals surface area (Å²) in [6.45, 7) is 4.76. The molecule has 0 spiro atoms. The van der Waals surface area contributed by atoms with Gasteiger partial charge in [-0.2, -0.15) is 0 Å². The molecule has 0 radical (unpaired) electrons. The highest BCUT2D eigenvalue weighted by Gasteiger charge is 2.39. The molecule has 3 unspecified atom stereocenters. The first-order valence-corrected chi connectivity index (χ1v) is 10.2. The van der Waals surface area contributed by atoms with E-state index in [1.165, 1.54) is 36.1 Å². The van der Waals surface area contributed by atoms with Gasteiger partial charge in [0.15, 0.2) is 0 Å². The van der Waals surface area contributed by atoms with Gasteiger partial charge in [0.05, 0.1) is 14.2 Å². The molecule has 4 rings (SSSR count). The van der Waals surface area contributed by atoms with E-state index in [4.69, 9.17) is 9.47 Å². The molecule has 1 fully saturated rings. The molecular weight excluding hydrogens is 334 g/mol. The molecule has 2 aliphatic rings. The highest BCUT2D eigenvalue weighted by molar-refractivity contribution is 5.45. The van der Waals surface area contributed by atoms with Crippen molar-refractivity contribution in [3.8, 4) is 11.5 Å². The second-order valence-electron chi connectivity index (χ2n) is 8.17. The standard InChI is InChI=1S/C24H31NO2/c1-17-15-22-20-5-4-6-24(27-3)21(20)11-12-23(22)25(16-17)14-13-18-7-9-19(26-2)10-8-18/h4-10,17,22-23H,11-16H2,1-3H3. The molecule has 27 heavy (non-hydrogen) atoms. The number of fused-ring (bicyclic) bond motifs is 3. The molecule has 3 nitrogen and oxygen atoms in total. The summed E-state index contributed by atoms with van der Waals surface area (Å²) >= 11 is 0. The van der Waals surface area contributed by atoms with Crippen LogP contribution in [0.15, 0.2) is 42.5 Å². The SMILES string of the molecule is COc1ccc(CCN2CC(C)CC3c4cccc(OC)c4CCC32)cc1. The molecule has 1 saturated heterocycles. The number of ether oxygens (including phenoxy) is 2. The highest BCUT2D eigenvalue weighted by atomic mass is 16.5. The minimum atomic E-state index is 0.642.